The SMILES string of the molecule is CN1C[C@@H]2C[C@H]1CN2c1nc(Cc2ccccc2)cc(Nc2cc(C3CC3)[nH]n2)n1. The number of likely N-dealkylation sites (tertiary alicyclic amines) is 1. The molecule has 7 heteroatoms. The number of piperazine rings is 1. The minimum absolute atomic E-state index is 0.506. The van der Waals surface area contributed by atoms with Crippen LogP contribution in [0.4, 0.5) is 17.6 Å². The fourth-order valence-corrected chi connectivity index (χ4v) is 4.82. The average Bonchev–Trinajstić information content (AvgIpc) is 3.18. The summed E-state index contributed by atoms with van der Waals surface area (Å²) in [4.78, 5) is 14.7. The molecule has 6 rings (SSSR count). The lowest BCUT2D eigenvalue weighted by atomic mass is 10.1. The second-order valence-electron chi connectivity index (χ2n) is 8.95. The van der Waals surface area contributed by atoms with E-state index >= 15 is 0 Å². The van der Waals surface area contributed by atoms with Crippen LogP contribution in [0.1, 0.15) is 42.1 Å². The van der Waals surface area contributed by atoms with Gasteiger partial charge in [0.25, 0.3) is 0 Å². The second kappa shape index (κ2) is 7.09. The van der Waals surface area contributed by atoms with E-state index < -0.39 is 0 Å². The molecule has 3 fully saturated rings. The Balaban J connectivity index is 1.30. The molecule has 154 valence electrons. The van der Waals surface area contributed by atoms with Crippen LogP contribution in [0.5, 0.6) is 0 Å². The minimum Gasteiger partial charge on any atom is -0.335 e. The minimum atomic E-state index is 0.506. The second-order valence-corrected chi connectivity index (χ2v) is 8.95. The highest BCUT2D eigenvalue weighted by molar-refractivity contribution is 5.56. The Morgan fingerprint density at radius 2 is 1.90 bits per heavy atom. The summed E-state index contributed by atoms with van der Waals surface area (Å²) in [5.74, 6) is 3.13. The Morgan fingerprint density at radius 3 is 2.63 bits per heavy atom. The zero-order valence-electron chi connectivity index (χ0n) is 17.3. The van der Waals surface area contributed by atoms with Gasteiger partial charge in [-0.3, -0.25) is 10.00 Å². The van der Waals surface area contributed by atoms with Crippen LogP contribution in [0.3, 0.4) is 0 Å². The highest BCUT2D eigenvalue weighted by Crippen LogP contribution is 2.39. The lowest BCUT2D eigenvalue weighted by Crippen LogP contribution is -2.45. The van der Waals surface area contributed by atoms with Crippen LogP contribution in [-0.2, 0) is 6.42 Å². The summed E-state index contributed by atoms with van der Waals surface area (Å²) in [5.41, 5.74) is 3.51. The zero-order valence-corrected chi connectivity index (χ0v) is 17.3. The maximum atomic E-state index is 4.97. The number of nitrogens with one attached hydrogen (secondary N) is 2. The van der Waals surface area contributed by atoms with E-state index in [4.69, 9.17) is 9.97 Å². The highest BCUT2D eigenvalue weighted by atomic mass is 15.4. The average molecular weight is 402 g/mol. The first-order valence-corrected chi connectivity index (χ1v) is 10.9. The molecule has 3 aliphatic rings. The molecule has 1 aliphatic carbocycles. The number of likely N-dealkylation sites (N-methyl/N-ethyl adjacent to an activating group) is 1. The number of hydrogen-bond acceptors (Lipinski definition) is 6. The van der Waals surface area contributed by atoms with Crippen molar-refractivity contribution >= 4 is 17.6 Å². The molecule has 2 atom stereocenters. The molecule has 2 N–H and O–H groups in total. The van der Waals surface area contributed by atoms with Crippen molar-refractivity contribution in [2.45, 2.75) is 43.7 Å². The maximum absolute atomic E-state index is 4.97. The van der Waals surface area contributed by atoms with Gasteiger partial charge < -0.3 is 10.2 Å². The summed E-state index contributed by atoms with van der Waals surface area (Å²) in [7, 11) is 2.22. The summed E-state index contributed by atoms with van der Waals surface area (Å²) >= 11 is 0. The maximum Gasteiger partial charge on any atom is 0.227 e. The molecule has 1 aromatic carbocycles. The normalized spacial score (nSPS) is 23.3. The van der Waals surface area contributed by atoms with E-state index in [2.05, 4.69) is 68.8 Å². The molecule has 3 aromatic rings. The fourth-order valence-electron chi connectivity index (χ4n) is 4.82. The van der Waals surface area contributed by atoms with Gasteiger partial charge in [0.2, 0.25) is 5.95 Å². The largest absolute Gasteiger partial charge is 0.335 e. The first-order chi connectivity index (χ1) is 14.7. The van der Waals surface area contributed by atoms with Crippen molar-refractivity contribution in [1.82, 2.24) is 25.1 Å². The number of aromatic amines is 1. The molecular weight excluding hydrogens is 374 g/mol. The summed E-state index contributed by atoms with van der Waals surface area (Å²) in [6, 6.07) is 15.8. The van der Waals surface area contributed by atoms with Crippen molar-refractivity contribution in [3.05, 3.63) is 59.4 Å². The van der Waals surface area contributed by atoms with E-state index in [0.717, 1.165) is 42.8 Å². The molecule has 4 heterocycles. The smallest absolute Gasteiger partial charge is 0.227 e. The molecule has 30 heavy (non-hydrogen) atoms. The van der Waals surface area contributed by atoms with Crippen LogP contribution in [0.2, 0.25) is 0 Å². The van der Waals surface area contributed by atoms with Crippen LogP contribution < -0.4 is 10.2 Å². The van der Waals surface area contributed by atoms with Gasteiger partial charge in [0, 0.05) is 55.3 Å². The number of H-pyrrole nitrogens is 1. The third-order valence-electron chi connectivity index (χ3n) is 6.64. The molecule has 2 aliphatic heterocycles. The van der Waals surface area contributed by atoms with Gasteiger partial charge in [-0.15, -0.1) is 0 Å². The standard InChI is InChI=1S/C23H27N7/c1-29-13-19-11-18(29)14-30(19)23-24-17(9-15-5-3-2-4-6-15)10-21(26-23)25-22-12-20(27-28-22)16-7-8-16/h2-6,10,12,16,18-19H,7-9,11,13-14H2,1H3,(H2,24,25,26,27,28)/t18-,19-/m0/s1. The Labute approximate surface area is 176 Å². The number of aromatic nitrogens is 4. The van der Waals surface area contributed by atoms with E-state index in [1.807, 2.05) is 6.07 Å². The summed E-state index contributed by atoms with van der Waals surface area (Å²) < 4.78 is 0. The van der Waals surface area contributed by atoms with E-state index in [0.29, 0.717) is 18.0 Å². The predicted molar refractivity (Wildman–Crippen MR) is 117 cm³/mol. The Bertz CT molecular complexity index is 1040. The summed E-state index contributed by atoms with van der Waals surface area (Å²) in [5, 5.41) is 11.0. The van der Waals surface area contributed by atoms with Gasteiger partial charge in [-0.25, -0.2) is 4.98 Å². The molecule has 2 bridgehead atoms. The highest BCUT2D eigenvalue weighted by Gasteiger charge is 2.42. The van der Waals surface area contributed by atoms with E-state index in [9.17, 15) is 0 Å². The quantitative estimate of drug-likeness (QED) is 0.660. The van der Waals surface area contributed by atoms with Crippen molar-refractivity contribution in [2.24, 2.45) is 0 Å². The Hall–Kier alpha value is -2.93. The van der Waals surface area contributed by atoms with Crippen LogP contribution in [0, 0.1) is 0 Å². The molecule has 0 spiro atoms. The third kappa shape index (κ3) is 3.43. The molecular formula is C23H27N7. The predicted octanol–water partition coefficient (Wildman–Crippen LogP) is 3.30. The van der Waals surface area contributed by atoms with Gasteiger partial charge >= 0.3 is 0 Å². The Morgan fingerprint density at radius 1 is 1.03 bits per heavy atom. The monoisotopic (exact) mass is 401 g/mol. The third-order valence-corrected chi connectivity index (χ3v) is 6.64. The van der Waals surface area contributed by atoms with Gasteiger partial charge in [-0.1, -0.05) is 30.3 Å². The first kappa shape index (κ1) is 17.9. The number of fused-ring (bicyclic) bond motifs is 2. The van der Waals surface area contributed by atoms with Gasteiger partial charge in [0.15, 0.2) is 5.82 Å². The number of rotatable bonds is 6. The van der Waals surface area contributed by atoms with Crippen molar-refractivity contribution in [2.75, 3.05) is 30.4 Å². The number of benzene rings is 1. The molecule has 0 amide bonds. The lowest BCUT2D eigenvalue weighted by Gasteiger charge is -2.32. The lowest BCUT2D eigenvalue weighted by molar-refractivity contribution is 0.291. The van der Waals surface area contributed by atoms with Gasteiger partial charge in [-0.2, -0.15) is 10.1 Å². The number of anilines is 3. The summed E-state index contributed by atoms with van der Waals surface area (Å²) in [6.07, 6.45) is 4.51. The van der Waals surface area contributed by atoms with Crippen LogP contribution >= 0.6 is 0 Å². The van der Waals surface area contributed by atoms with Crippen LogP contribution in [-0.4, -0.2) is 57.3 Å². The fraction of sp³-hybridized carbons (Fsp3) is 0.435. The van der Waals surface area contributed by atoms with Crippen LogP contribution in [0.25, 0.3) is 0 Å². The molecule has 2 saturated heterocycles. The van der Waals surface area contributed by atoms with Crippen molar-refractivity contribution < 1.29 is 0 Å². The van der Waals surface area contributed by atoms with Gasteiger partial charge in [-0.05, 0) is 31.9 Å². The van der Waals surface area contributed by atoms with E-state index in [-0.39, 0.29) is 0 Å². The number of nitrogens with zero attached hydrogens (tertiary/aromatic N) is 5. The summed E-state index contributed by atoms with van der Waals surface area (Å²) in [6.45, 7) is 2.09. The first-order valence-electron chi connectivity index (χ1n) is 10.9. The number of hydrogen-bond donors (Lipinski definition) is 2. The molecule has 2 aromatic heterocycles. The van der Waals surface area contributed by atoms with Gasteiger partial charge in [0.05, 0.1) is 5.69 Å². The van der Waals surface area contributed by atoms with Crippen LogP contribution in [0.15, 0.2) is 42.5 Å². The van der Waals surface area contributed by atoms with Crippen molar-refractivity contribution in [3.63, 3.8) is 0 Å². The van der Waals surface area contributed by atoms with Crippen molar-refractivity contribution in [3.8, 4) is 0 Å². The Kier molecular flexibility index (Phi) is 4.23. The molecule has 7 nitrogen and oxygen atoms in total. The van der Waals surface area contributed by atoms with Crippen molar-refractivity contribution in [1.29, 1.82) is 0 Å². The molecule has 0 unspecified atom stereocenters. The van der Waals surface area contributed by atoms with E-state index in [1.165, 1.54) is 30.5 Å². The van der Waals surface area contributed by atoms with Gasteiger partial charge in [0.1, 0.15) is 5.82 Å². The molecule has 1 saturated carbocycles. The topological polar surface area (TPSA) is 73.0 Å². The zero-order chi connectivity index (χ0) is 20.1. The molecule has 0 radical (unpaired) electrons. The van der Waals surface area contributed by atoms with E-state index in [1.54, 1.807) is 0 Å².